The lowest BCUT2D eigenvalue weighted by atomic mass is 10.1. The number of hydrogen-bond acceptors (Lipinski definition) is 4. The number of ether oxygens (including phenoxy) is 1. The van der Waals surface area contributed by atoms with Gasteiger partial charge in [0.15, 0.2) is 5.11 Å². The first-order valence-corrected chi connectivity index (χ1v) is 9.84. The second kappa shape index (κ2) is 8.52. The van der Waals surface area contributed by atoms with Crippen molar-refractivity contribution in [3.05, 3.63) is 77.3 Å². The fraction of sp³-hybridized carbons (Fsp3) is 0.0455. The molecule has 0 aliphatic carbocycles. The Morgan fingerprint density at radius 3 is 2.63 bits per heavy atom. The van der Waals surface area contributed by atoms with Gasteiger partial charge < -0.3 is 15.0 Å². The fourth-order valence-electron chi connectivity index (χ4n) is 3.01. The number of aromatic amines is 1. The maximum Gasteiger partial charge on any atom is 0.258 e. The summed E-state index contributed by atoms with van der Waals surface area (Å²) in [7, 11) is 1.56. The second-order valence-corrected chi connectivity index (χ2v) is 7.22. The molecule has 3 N–H and O–H groups in total. The highest BCUT2D eigenvalue weighted by molar-refractivity contribution is 7.80. The van der Waals surface area contributed by atoms with Gasteiger partial charge >= 0.3 is 0 Å². The van der Waals surface area contributed by atoms with Gasteiger partial charge in [-0.05, 0) is 54.7 Å². The molecule has 1 amide bonds. The zero-order valence-corrected chi connectivity index (χ0v) is 17.5. The van der Waals surface area contributed by atoms with E-state index in [1.165, 1.54) is 0 Å². The molecular formula is C22H17ClN4O2S. The third-order valence-electron chi connectivity index (χ3n) is 4.46. The Kier molecular flexibility index (Phi) is 5.65. The summed E-state index contributed by atoms with van der Waals surface area (Å²) >= 11 is 11.4. The average Bonchev–Trinajstić information content (AvgIpc) is 3.18. The zero-order valence-electron chi connectivity index (χ0n) is 15.9. The number of fused-ring (bicyclic) bond motifs is 1. The van der Waals surface area contributed by atoms with Crippen LogP contribution < -0.4 is 15.4 Å². The van der Waals surface area contributed by atoms with E-state index in [1.807, 2.05) is 42.5 Å². The third-order valence-corrected chi connectivity index (χ3v) is 4.99. The molecule has 1 aromatic heterocycles. The predicted molar refractivity (Wildman–Crippen MR) is 123 cm³/mol. The molecule has 0 unspecified atom stereocenters. The lowest BCUT2D eigenvalue weighted by Crippen LogP contribution is -2.34. The quantitative estimate of drug-likeness (QED) is 0.391. The second-order valence-electron chi connectivity index (χ2n) is 6.41. The van der Waals surface area contributed by atoms with Crippen molar-refractivity contribution in [2.75, 3.05) is 12.4 Å². The minimum absolute atomic E-state index is 0.125. The highest BCUT2D eigenvalue weighted by Crippen LogP contribution is 2.30. The van der Waals surface area contributed by atoms with Gasteiger partial charge in [-0.25, -0.2) is 4.98 Å². The van der Waals surface area contributed by atoms with Crippen LogP contribution in [0.5, 0.6) is 5.75 Å². The molecule has 8 heteroatoms. The van der Waals surface area contributed by atoms with Crippen LogP contribution in [0.4, 0.5) is 5.69 Å². The molecule has 4 rings (SSSR count). The van der Waals surface area contributed by atoms with Crippen molar-refractivity contribution in [3.8, 4) is 17.1 Å². The number of carbonyl (C=O) groups excluding carboxylic acids is 1. The minimum atomic E-state index is -0.398. The number of thiocarbonyl (C=S) groups is 1. The molecule has 3 aromatic carbocycles. The first-order valence-electron chi connectivity index (χ1n) is 9.05. The van der Waals surface area contributed by atoms with E-state index >= 15 is 0 Å². The number of halogens is 1. The summed E-state index contributed by atoms with van der Waals surface area (Å²) in [5, 5.41) is 6.13. The summed E-state index contributed by atoms with van der Waals surface area (Å²) in [4.78, 5) is 20.3. The molecule has 0 atom stereocenters. The summed E-state index contributed by atoms with van der Waals surface area (Å²) in [6, 6.07) is 20.1. The summed E-state index contributed by atoms with van der Waals surface area (Å²) in [6.07, 6.45) is 0. The molecule has 30 heavy (non-hydrogen) atoms. The van der Waals surface area contributed by atoms with Gasteiger partial charge in [-0.15, -0.1) is 0 Å². The van der Waals surface area contributed by atoms with Crippen LogP contribution in [-0.2, 0) is 0 Å². The molecule has 4 aromatic rings. The maximum atomic E-state index is 12.4. The zero-order chi connectivity index (χ0) is 21.1. The maximum absolute atomic E-state index is 12.4. The molecule has 0 saturated heterocycles. The number of hydrogen-bond donors (Lipinski definition) is 3. The van der Waals surface area contributed by atoms with Crippen molar-refractivity contribution < 1.29 is 9.53 Å². The van der Waals surface area contributed by atoms with E-state index in [0.29, 0.717) is 27.8 Å². The van der Waals surface area contributed by atoms with Crippen molar-refractivity contribution >= 4 is 51.6 Å². The Morgan fingerprint density at radius 1 is 1.10 bits per heavy atom. The molecule has 0 aliphatic heterocycles. The lowest BCUT2D eigenvalue weighted by Gasteiger charge is -2.14. The Balaban J connectivity index is 1.57. The normalized spacial score (nSPS) is 10.6. The number of para-hydroxylation sites is 2. The molecule has 0 spiro atoms. The number of carbonyl (C=O) groups is 1. The molecule has 0 fully saturated rings. The van der Waals surface area contributed by atoms with Gasteiger partial charge in [0.1, 0.15) is 11.6 Å². The molecule has 0 aliphatic rings. The number of aromatic nitrogens is 2. The van der Waals surface area contributed by atoms with Crippen LogP contribution in [0.2, 0.25) is 5.02 Å². The average molecular weight is 437 g/mol. The van der Waals surface area contributed by atoms with Crippen LogP contribution in [0.15, 0.2) is 66.7 Å². The van der Waals surface area contributed by atoms with Crippen LogP contribution in [0, 0.1) is 0 Å². The number of anilines is 1. The molecule has 1 heterocycles. The van der Waals surface area contributed by atoms with Gasteiger partial charge in [-0.2, -0.15) is 0 Å². The fourth-order valence-corrected chi connectivity index (χ4v) is 3.44. The molecule has 0 radical (unpaired) electrons. The van der Waals surface area contributed by atoms with Crippen molar-refractivity contribution in [2.24, 2.45) is 0 Å². The van der Waals surface area contributed by atoms with E-state index in [-0.39, 0.29) is 5.11 Å². The number of nitrogens with one attached hydrogen (secondary N) is 3. The third kappa shape index (κ3) is 4.12. The van der Waals surface area contributed by atoms with Crippen LogP contribution in [0.1, 0.15) is 10.4 Å². The number of H-pyrrole nitrogens is 1. The number of benzene rings is 3. The van der Waals surface area contributed by atoms with Gasteiger partial charge in [-0.1, -0.05) is 35.9 Å². The first-order chi connectivity index (χ1) is 14.5. The number of nitrogens with zero attached hydrogens (tertiary/aromatic N) is 1. The highest BCUT2D eigenvalue weighted by atomic mass is 35.5. The van der Waals surface area contributed by atoms with Crippen molar-refractivity contribution in [2.45, 2.75) is 0 Å². The number of imidazole rings is 1. The molecule has 0 saturated carbocycles. The summed E-state index contributed by atoms with van der Waals surface area (Å²) in [5.74, 6) is 0.891. The molecule has 6 nitrogen and oxygen atoms in total. The van der Waals surface area contributed by atoms with Crippen molar-refractivity contribution in [3.63, 3.8) is 0 Å². The van der Waals surface area contributed by atoms with E-state index in [1.54, 1.807) is 31.4 Å². The van der Waals surface area contributed by atoms with Crippen LogP contribution in [0.3, 0.4) is 0 Å². The van der Waals surface area contributed by atoms with E-state index < -0.39 is 5.91 Å². The smallest absolute Gasteiger partial charge is 0.258 e. The van der Waals surface area contributed by atoms with E-state index in [0.717, 1.165) is 16.6 Å². The Labute approximate surface area is 183 Å². The summed E-state index contributed by atoms with van der Waals surface area (Å²) < 4.78 is 5.42. The van der Waals surface area contributed by atoms with E-state index in [2.05, 4.69) is 20.6 Å². The topological polar surface area (TPSA) is 79.0 Å². The largest absolute Gasteiger partial charge is 0.495 e. The van der Waals surface area contributed by atoms with Gasteiger partial charge in [-0.3, -0.25) is 10.1 Å². The van der Waals surface area contributed by atoms with Crippen molar-refractivity contribution in [1.29, 1.82) is 0 Å². The SMILES string of the molecule is COc1ccc(-c2nc3ccccc3[nH]2)cc1NC(=S)NC(=O)c1ccccc1Cl. The molecule has 150 valence electrons. The minimum Gasteiger partial charge on any atom is -0.495 e. The lowest BCUT2D eigenvalue weighted by molar-refractivity contribution is 0.0978. The predicted octanol–water partition coefficient (Wildman–Crippen LogP) is 5.02. The molecular weight excluding hydrogens is 420 g/mol. The van der Waals surface area contributed by atoms with E-state index in [4.69, 9.17) is 28.6 Å². The first kappa shape index (κ1) is 19.9. The van der Waals surface area contributed by atoms with Gasteiger partial charge in [0.25, 0.3) is 5.91 Å². The van der Waals surface area contributed by atoms with Gasteiger partial charge in [0, 0.05) is 5.56 Å². The molecule has 0 bridgehead atoms. The Bertz CT molecular complexity index is 1220. The Hall–Kier alpha value is -3.42. The number of rotatable bonds is 4. The number of amides is 1. The van der Waals surface area contributed by atoms with Gasteiger partial charge in [0.05, 0.1) is 34.4 Å². The van der Waals surface area contributed by atoms with Gasteiger partial charge in [0.2, 0.25) is 0 Å². The summed E-state index contributed by atoms with van der Waals surface area (Å²) in [6.45, 7) is 0. The Morgan fingerprint density at radius 2 is 1.87 bits per heavy atom. The van der Waals surface area contributed by atoms with Crippen LogP contribution >= 0.6 is 23.8 Å². The number of methoxy groups -OCH3 is 1. The van der Waals surface area contributed by atoms with E-state index in [9.17, 15) is 4.79 Å². The standard InChI is InChI=1S/C22H17ClN4O2S/c1-29-19-11-10-13(20-24-16-8-4-5-9-17(16)25-20)12-18(19)26-22(30)27-21(28)14-6-2-3-7-15(14)23/h2-12H,1H3,(H,24,25)(H2,26,27,28,30). The van der Waals surface area contributed by atoms with Crippen molar-refractivity contribution in [1.82, 2.24) is 15.3 Å². The monoisotopic (exact) mass is 436 g/mol. The van der Waals surface area contributed by atoms with Crippen LogP contribution in [-0.4, -0.2) is 28.1 Å². The highest BCUT2D eigenvalue weighted by Gasteiger charge is 2.14. The summed E-state index contributed by atoms with van der Waals surface area (Å²) in [5.41, 5.74) is 3.60. The van der Waals surface area contributed by atoms with Crippen LogP contribution in [0.25, 0.3) is 22.4 Å².